The summed E-state index contributed by atoms with van der Waals surface area (Å²) in [6, 6.07) is 7.48. The highest BCUT2D eigenvalue weighted by molar-refractivity contribution is 5.91. The highest BCUT2D eigenvalue weighted by Crippen LogP contribution is 2.13. The second-order valence-corrected chi connectivity index (χ2v) is 5.40. The van der Waals surface area contributed by atoms with Crippen LogP contribution in [-0.2, 0) is 6.54 Å². The van der Waals surface area contributed by atoms with E-state index in [2.05, 4.69) is 15.6 Å². The van der Waals surface area contributed by atoms with Gasteiger partial charge in [0.05, 0.1) is 11.9 Å². The number of hydrogen-bond donors (Lipinski definition) is 1. The van der Waals surface area contributed by atoms with E-state index in [0.29, 0.717) is 11.3 Å². The molecule has 0 aliphatic rings. The van der Waals surface area contributed by atoms with E-state index in [0.717, 1.165) is 12.1 Å². The van der Waals surface area contributed by atoms with Crippen LogP contribution in [0, 0.1) is 24.4 Å². The van der Waals surface area contributed by atoms with E-state index in [-0.39, 0.29) is 23.6 Å². The fourth-order valence-corrected chi connectivity index (χ4v) is 2.20. The first-order chi connectivity index (χ1) is 11.9. The van der Waals surface area contributed by atoms with Crippen molar-refractivity contribution in [2.45, 2.75) is 13.5 Å². The maximum atomic E-state index is 13.5. The van der Waals surface area contributed by atoms with Gasteiger partial charge in [0.15, 0.2) is 5.69 Å². The van der Waals surface area contributed by atoms with Crippen molar-refractivity contribution in [3.8, 4) is 5.69 Å². The number of rotatable bonds is 4. The Bertz CT molecular complexity index is 939. The summed E-state index contributed by atoms with van der Waals surface area (Å²) >= 11 is 0. The van der Waals surface area contributed by atoms with E-state index < -0.39 is 17.5 Å². The largest absolute Gasteiger partial charge is 0.346 e. The Balaban J connectivity index is 1.71. The zero-order chi connectivity index (χ0) is 18.0. The molecule has 3 aromatic rings. The maximum absolute atomic E-state index is 13.5. The van der Waals surface area contributed by atoms with Gasteiger partial charge in [0, 0.05) is 18.2 Å². The van der Waals surface area contributed by atoms with Crippen LogP contribution in [0.4, 0.5) is 13.2 Å². The third-order valence-corrected chi connectivity index (χ3v) is 3.59. The zero-order valence-corrected chi connectivity index (χ0v) is 13.1. The van der Waals surface area contributed by atoms with Gasteiger partial charge in [-0.25, -0.2) is 17.9 Å². The second-order valence-electron chi connectivity index (χ2n) is 5.40. The van der Waals surface area contributed by atoms with Gasteiger partial charge in [-0.1, -0.05) is 11.3 Å². The molecule has 0 spiro atoms. The van der Waals surface area contributed by atoms with E-state index in [9.17, 15) is 18.0 Å². The van der Waals surface area contributed by atoms with Crippen molar-refractivity contribution in [1.82, 2.24) is 20.3 Å². The van der Waals surface area contributed by atoms with Gasteiger partial charge in [-0.05, 0) is 36.8 Å². The Morgan fingerprint density at radius 3 is 2.64 bits per heavy atom. The highest BCUT2D eigenvalue weighted by atomic mass is 19.1. The standard InChI is InChI=1S/C17H13F3N4O/c1-10-6-13(4-5-14(10)19)24-9-16(22-23-24)17(25)21-8-11-2-3-12(18)7-15(11)20/h2-7,9H,8H2,1H3,(H,21,25). The Kier molecular flexibility index (Phi) is 4.51. The number of nitrogens with one attached hydrogen (secondary N) is 1. The number of carbonyl (C=O) groups is 1. The Morgan fingerprint density at radius 1 is 1.12 bits per heavy atom. The van der Waals surface area contributed by atoms with Crippen LogP contribution in [0.3, 0.4) is 0 Å². The Hall–Kier alpha value is -3.16. The van der Waals surface area contributed by atoms with E-state index in [1.807, 2.05) is 0 Å². The lowest BCUT2D eigenvalue weighted by Crippen LogP contribution is -2.23. The van der Waals surface area contributed by atoms with Crippen LogP contribution in [0.1, 0.15) is 21.6 Å². The molecule has 0 aliphatic carbocycles. The lowest BCUT2D eigenvalue weighted by atomic mass is 10.2. The molecule has 0 fully saturated rings. The molecule has 1 N–H and O–H groups in total. The Labute approximate surface area is 141 Å². The van der Waals surface area contributed by atoms with Crippen LogP contribution >= 0.6 is 0 Å². The number of benzene rings is 2. The molecule has 0 bridgehead atoms. The third-order valence-electron chi connectivity index (χ3n) is 3.59. The van der Waals surface area contributed by atoms with Crippen molar-refractivity contribution < 1.29 is 18.0 Å². The smallest absolute Gasteiger partial charge is 0.273 e. The van der Waals surface area contributed by atoms with Gasteiger partial charge >= 0.3 is 0 Å². The highest BCUT2D eigenvalue weighted by Gasteiger charge is 2.13. The van der Waals surface area contributed by atoms with E-state index in [1.54, 1.807) is 13.0 Å². The quantitative estimate of drug-likeness (QED) is 0.790. The molecule has 1 amide bonds. The van der Waals surface area contributed by atoms with Crippen molar-refractivity contribution in [3.63, 3.8) is 0 Å². The Morgan fingerprint density at radius 2 is 1.92 bits per heavy atom. The van der Waals surface area contributed by atoms with Crippen LogP contribution in [0.25, 0.3) is 5.69 Å². The van der Waals surface area contributed by atoms with Crippen molar-refractivity contribution in [1.29, 1.82) is 0 Å². The van der Waals surface area contributed by atoms with Crippen LogP contribution in [0.5, 0.6) is 0 Å². The molecule has 128 valence electrons. The molecule has 8 heteroatoms. The minimum Gasteiger partial charge on any atom is -0.346 e. The van der Waals surface area contributed by atoms with Gasteiger partial charge in [-0.3, -0.25) is 4.79 Å². The number of aryl methyl sites for hydroxylation is 1. The molecule has 0 saturated carbocycles. The number of hydrogen-bond acceptors (Lipinski definition) is 3. The summed E-state index contributed by atoms with van der Waals surface area (Å²) in [5, 5.41) is 10.1. The number of halogens is 3. The van der Waals surface area contributed by atoms with Crippen molar-refractivity contribution in [2.24, 2.45) is 0 Å². The molecule has 2 aromatic carbocycles. The number of carbonyl (C=O) groups excluding carboxylic acids is 1. The second kappa shape index (κ2) is 6.76. The molecular formula is C17H13F3N4O. The lowest BCUT2D eigenvalue weighted by Gasteiger charge is -2.04. The zero-order valence-electron chi connectivity index (χ0n) is 13.1. The van der Waals surface area contributed by atoms with Gasteiger partial charge in [-0.15, -0.1) is 5.10 Å². The predicted molar refractivity (Wildman–Crippen MR) is 83.6 cm³/mol. The number of aromatic nitrogens is 3. The monoisotopic (exact) mass is 346 g/mol. The first-order valence-electron chi connectivity index (χ1n) is 7.35. The summed E-state index contributed by atoms with van der Waals surface area (Å²) in [4.78, 5) is 12.1. The number of nitrogens with zero attached hydrogens (tertiary/aromatic N) is 3. The maximum Gasteiger partial charge on any atom is 0.273 e. The molecule has 25 heavy (non-hydrogen) atoms. The molecule has 0 saturated heterocycles. The van der Waals surface area contributed by atoms with Gasteiger partial charge in [0.1, 0.15) is 17.5 Å². The molecule has 3 rings (SSSR count). The minimum absolute atomic E-state index is 0.0181. The normalized spacial score (nSPS) is 10.7. The van der Waals surface area contributed by atoms with Gasteiger partial charge in [0.25, 0.3) is 5.91 Å². The van der Waals surface area contributed by atoms with Crippen molar-refractivity contribution in [2.75, 3.05) is 0 Å². The predicted octanol–water partition coefficient (Wildman–Crippen LogP) is 2.92. The summed E-state index contributed by atoms with van der Waals surface area (Å²) < 4.78 is 41.0. The van der Waals surface area contributed by atoms with Crippen molar-refractivity contribution in [3.05, 3.63) is 76.9 Å². The van der Waals surface area contributed by atoms with Crippen LogP contribution in [0.15, 0.2) is 42.6 Å². The average Bonchev–Trinajstić information content (AvgIpc) is 3.06. The van der Waals surface area contributed by atoms with Crippen LogP contribution in [0.2, 0.25) is 0 Å². The van der Waals surface area contributed by atoms with Crippen molar-refractivity contribution >= 4 is 5.91 Å². The molecular weight excluding hydrogens is 333 g/mol. The fraction of sp³-hybridized carbons (Fsp3) is 0.118. The molecule has 1 heterocycles. The third kappa shape index (κ3) is 3.68. The van der Waals surface area contributed by atoms with E-state index in [4.69, 9.17) is 0 Å². The minimum atomic E-state index is -0.745. The molecule has 1 aromatic heterocycles. The molecule has 5 nitrogen and oxygen atoms in total. The lowest BCUT2D eigenvalue weighted by molar-refractivity contribution is 0.0945. The first kappa shape index (κ1) is 16.7. The van der Waals surface area contributed by atoms with Gasteiger partial charge < -0.3 is 5.32 Å². The van der Waals surface area contributed by atoms with Crippen LogP contribution in [-0.4, -0.2) is 20.9 Å². The number of amides is 1. The topological polar surface area (TPSA) is 59.8 Å². The molecule has 0 aliphatic heterocycles. The fourth-order valence-electron chi connectivity index (χ4n) is 2.20. The molecule has 0 atom stereocenters. The summed E-state index contributed by atoms with van der Waals surface area (Å²) in [6.07, 6.45) is 1.38. The van der Waals surface area contributed by atoms with Gasteiger partial charge in [-0.2, -0.15) is 0 Å². The van der Waals surface area contributed by atoms with E-state index in [1.165, 1.54) is 29.1 Å². The summed E-state index contributed by atoms with van der Waals surface area (Å²) in [6.45, 7) is 1.49. The molecule has 0 radical (unpaired) electrons. The summed E-state index contributed by atoms with van der Waals surface area (Å²) in [5.41, 5.74) is 1.15. The van der Waals surface area contributed by atoms with E-state index >= 15 is 0 Å². The van der Waals surface area contributed by atoms with Crippen LogP contribution < -0.4 is 5.32 Å². The molecule has 0 unspecified atom stereocenters. The average molecular weight is 346 g/mol. The van der Waals surface area contributed by atoms with Gasteiger partial charge in [0.2, 0.25) is 0 Å². The SMILES string of the molecule is Cc1cc(-n2cc(C(=O)NCc3ccc(F)cc3F)nn2)ccc1F. The summed E-state index contributed by atoms with van der Waals surface area (Å²) in [5.74, 6) is -2.34. The first-order valence-corrected chi connectivity index (χ1v) is 7.35. The summed E-state index contributed by atoms with van der Waals surface area (Å²) in [7, 11) is 0.